The quantitative estimate of drug-likeness (QED) is 0.774. The third kappa shape index (κ3) is 3.91. The van der Waals surface area contributed by atoms with Crippen LogP contribution >= 0.6 is 23.1 Å². The molecule has 1 fully saturated rings. The Balaban J connectivity index is 1.75. The molecule has 3 N–H and O–H groups in total. The van der Waals surface area contributed by atoms with Gasteiger partial charge in [0.1, 0.15) is 5.82 Å². The fraction of sp³-hybridized carbons (Fsp3) is 0.429. The second kappa shape index (κ2) is 6.71. The largest absolute Gasteiger partial charge is 0.351 e. The fourth-order valence-corrected chi connectivity index (χ4v) is 3.85. The summed E-state index contributed by atoms with van der Waals surface area (Å²) in [6, 6.07) is 3.66. The summed E-state index contributed by atoms with van der Waals surface area (Å²) in [6.45, 7) is 1.72. The number of rotatable bonds is 6. The number of primary amides is 1. The first kappa shape index (κ1) is 16.0. The van der Waals surface area contributed by atoms with Crippen molar-refractivity contribution in [1.29, 1.82) is 0 Å². The van der Waals surface area contributed by atoms with Crippen LogP contribution in [0.2, 0.25) is 0 Å². The van der Waals surface area contributed by atoms with Crippen molar-refractivity contribution >= 4 is 35.0 Å². The molecule has 7 nitrogen and oxygen atoms in total. The lowest BCUT2D eigenvalue weighted by Crippen LogP contribution is -2.39. The Morgan fingerprint density at radius 3 is 2.91 bits per heavy atom. The number of thioether (sulfide) groups is 1. The average Bonchev–Trinajstić information content (AvgIpc) is 3.04. The molecule has 2 aromatic rings. The van der Waals surface area contributed by atoms with E-state index in [1.54, 1.807) is 18.3 Å². The van der Waals surface area contributed by atoms with Crippen molar-refractivity contribution in [2.45, 2.75) is 42.6 Å². The van der Waals surface area contributed by atoms with Gasteiger partial charge in [-0.15, -0.1) is 21.5 Å². The second-order valence-electron chi connectivity index (χ2n) is 5.37. The molecule has 0 spiro atoms. The minimum Gasteiger partial charge on any atom is -0.351 e. The number of nitrogens with two attached hydrogens (primary N) is 1. The van der Waals surface area contributed by atoms with Gasteiger partial charge in [-0.1, -0.05) is 17.8 Å². The maximum atomic E-state index is 11.8. The van der Waals surface area contributed by atoms with Gasteiger partial charge in [-0.3, -0.25) is 10.1 Å². The standard InChI is InChI=1S/C14H17N5O2S2/c1-8(12(20)16-13(15)21)23-14-18-17-11(19(14)9-4-5-9)7-10-3-2-6-22-10/h2-3,6,8-9H,4-5,7H2,1H3,(H3,15,16,20,21)/t8-/m1/s1. The van der Waals surface area contributed by atoms with E-state index in [4.69, 9.17) is 5.73 Å². The molecule has 0 saturated heterocycles. The van der Waals surface area contributed by atoms with Crippen molar-refractivity contribution in [3.8, 4) is 0 Å². The van der Waals surface area contributed by atoms with Gasteiger partial charge in [-0.05, 0) is 31.2 Å². The molecule has 2 heterocycles. The van der Waals surface area contributed by atoms with Gasteiger partial charge in [0.15, 0.2) is 5.16 Å². The highest BCUT2D eigenvalue weighted by Crippen LogP contribution is 2.40. The van der Waals surface area contributed by atoms with Gasteiger partial charge >= 0.3 is 6.03 Å². The zero-order valence-electron chi connectivity index (χ0n) is 12.6. The van der Waals surface area contributed by atoms with Crippen LogP contribution in [-0.4, -0.2) is 32.0 Å². The van der Waals surface area contributed by atoms with Crippen molar-refractivity contribution in [2.75, 3.05) is 0 Å². The van der Waals surface area contributed by atoms with Crippen LogP contribution in [0.3, 0.4) is 0 Å². The normalized spacial score (nSPS) is 15.3. The smallest absolute Gasteiger partial charge is 0.318 e. The van der Waals surface area contributed by atoms with E-state index in [1.807, 2.05) is 11.4 Å². The Kier molecular flexibility index (Phi) is 4.67. The number of imide groups is 1. The molecule has 0 aromatic carbocycles. The number of nitrogens with one attached hydrogen (secondary N) is 1. The van der Waals surface area contributed by atoms with Crippen LogP contribution in [0, 0.1) is 0 Å². The predicted octanol–water partition coefficient (Wildman–Crippen LogP) is 1.94. The van der Waals surface area contributed by atoms with Crippen LogP contribution in [0.4, 0.5) is 4.79 Å². The summed E-state index contributed by atoms with van der Waals surface area (Å²) in [5.41, 5.74) is 4.98. The number of thiophene rings is 1. The minimum absolute atomic E-state index is 0.411. The van der Waals surface area contributed by atoms with Crippen LogP contribution in [0.5, 0.6) is 0 Å². The molecule has 3 rings (SSSR count). The van der Waals surface area contributed by atoms with Gasteiger partial charge in [0, 0.05) is 17.3 Å². The number of aromatic nitrogens is 3. The molecule has 0 unspecified atom stereocenters. The van der Waals surface area contributed by atoms with E-state index < -0.39 is 17.2 Å². The molecular weight excluding hydrogens is 334 g/mol. The van der Waals surface area contributed by atoms with Crippen molar-refractivity contribution in [2.24, 2.45) is 5.73 Å². The number of hydrogen-bond acceptors (Lipinski definition) is 6. The van der Waals surface area contributed by atoms with Gasteiger partial charge in [-0.25, -0.2) is 4.79 Å². The number of carbonyl (C=O) groups is 2. The lowest BCUT2D eigenvalue weighted by molar-refractivity contribution is -0.119. The van der Waals surface area contributed by atoms with Gasteiger partial charge < -0.3 is 10.3 Å². The van der Waals surface area contributed by atoms with E-state index in [9.17, 15) is 9.59 Å². The van der Waals surface area contributed by atoms with Gasteiger partial charge in [0.2, 0.25) is 5.91 Å². The molecular formula is C14H17N5O2S2. The van der Waals surface area contributed by atoms with E-state index in [0.29, 0.717) is 11.2 Å². The summed E-state index contributed by atoms with van der Waals surface area (Å²) in [5.74, 6) is 0.493. The maximum absolute atomic E-state index is 11.8. The summed E-state index contributed by atoms with van der Waals surface area (Å²) in [7, 11) is 0. The highest BCUT2D eigenvalue weighted by Gasteiger charge is 2.31. The average molecular weight is 351 g/mol. The number of urea groups is 1. The Labute approximate surface area is 141 Å². The second-order valence-corrected chi connectivity index (χ2v) is 7.71. The summed E-state index contributed by atoms with van der Waals surface area (Å²) in [4.78, 5) is 23.8. The number of amides is 3. The molecule has 1 aliphatic carbocycles. The molecule has 2 aromatic heterocycles. The van der Waals surface area contributed by atoms with Crippen LogP contribution in [-0.2, 0) is 11.2 Å². The Morgan fingerprint density at radius 2 is 2.30 bits per heavy atom. The number of nitrogens with zero attached hydrogens (tertiary/aromatic N) is 3. The highest BCUT2D eigenvalue weighted by molar-refractivity contribution is 8.00. The highest BCUT2D eigenvalue weighted by atomic mass is 32.2. The summed E-state index contributed by atoms with van der Waals surface area (Å²) >= 11 is 2.99. The van der Waals surface area contributed by atoms with Crippen molar-refractivity contribution in [3.63, 3.8) is 0 Å². The third-order valence-electron chi connectivity index (χ3n) is 3.46. The van der Waals surface area contributed by atoms with Crippen LogP contribution in [0.25, 0.3) is 0 Å². The van der Waals surface area contributed by atoms with E-state index >= 15 is 0 Å². The molecule has 1 aliphatic rings. The zero-order valence-corrected chi connectivity index (χ0v) is 14.2. The summed E-state index contributed by atoms with van der Waals surface area (Å²) in [5, 5.41) is 12.9. The lowest BCUT2D eigenvalue weighted by Gasteiger charge is -2.12. The number of hydrogen-bond donors (Lipinski definition) is 2. The zero-order chi connectivity index (χ0) is 16.4. The fourth-order valence-electron chi connectivity index (χ4n) is 2.21. The third-order valence-corrected chi connectivity index (χ3v) is 5.39. The predicted molar refractivity (Wildman–Crippen MR) is 88.5 cm³/mol. The minimum atomic E-state index is -0.843. The molecule has 0 radical (unpaired) electrons. The Bertz CT molecular complexity index is 709. The molecule has 1 saturated carbocycles. The first-order chi connectivity index (χ1) is 11.0. The lowest BCUT2D eigenvalue weighted by atomic mass is 10.3. The van der Waals surface area contributed by atoms with Gasteiger partial charge in [0.05, 0.1) is 5.25 Å². The Morgan fingerprint density at radius 1 is 1.52 bits per heavy atom. The van der Waals surface area contributed by atoms with Gasteiger partial charge in [0.25, 0.3) is 0 Å². The maximum Gasteiger partial charge on any atom is 0.318 e. The van der Waals surface area contributed by atoms with E-state index in [1.165, 1.54) is 16.6 Å². The van der Waals surface area contributed by atoms with Crippen molar-refractivity contribution < 1.29 is 9.59 Å². The monoisotopic (exact) mass is 351 g/mol. The van der Waals surface area contributed by atoms with E-state index in [0.717, 1.165) is 25.1 Å². The van der Waals surface area contributed by atoms with Crippen LogP contribution in [0.15, 0.2) is 22.7 Å². The SMILES string of the molecule is C[C@@H](Sc1nnc(Cc2cccs2)n1C1CC1)C(=O)NC(N)=O. The van der Waals surface area contributed by atoms with Crippen molar-refractivity contribution in [3.05, 3.63) is 28.2 Å². The van der Waals surface area contributed by atoms with Gasteiger partial charge in [-0.2, -0.15) is 0 Å². The molecule has 0 aliphatic heterocycles. The first-order valence-corrected chi connectivity index (χ1v) is 9.03. The molecule has 23 heavy (non-hydrogen) atoms. The first-order valence-electron chi connectivity index (χ1n) is 7.27. The summed E-state index contributed by atoms with van der Waals surface area (Å²) in [6.07, 6.45) is 2.94. The number of carbonyl (C=O) groups excluding carboxylic acids is 2. The van der Waals surface area contributed by atoms with E-state index in [-0.39, 0.29) is 0 Å². The molecule has 3 amide bonds. The molecule has 122 valence electrons. The van der Waals surface area contributed by atoms with Crippen LogP contribution in [0.1, 0.15) is 36.5 Å². The Hall–Kier alpha value is -1.87. The molecule has 0 bridgehead atoms. The van der Waals surface area contributed by atoms with Crippen molar-refractivity contribution in [1.82, 2.24) is 20.1 Å². The summed E-state index contributed by atoms with van der Waals surface area (Å²) < 4.78 is 2.12. The molecule has 1 atom stereocenters. The van der Waals surface area contributed by atoms with Crippen LogP contribution < -0.4 is 11.1 Å². The molecule has 9 heteroatoms. The van der Waals surface area contributed by atoms with E-state index in [2.05, 4.69) is 26.1 Å². The topological polar surface area (TPSA) is 103 Å².